The molecule has 6 aromatic rings. The van der Waals surface area contributed by atoms with Gasteiger partial charge in [0.1, 0.15) is 22.7 Å². The van der Waals surface area contributed by atoms with Gasteiger partial charge in [0.2, 0.25) is 5.91 Å². The first-order valence-corrected chi connectivity index (χ1v) is 14.4. The van der Waals surface area contributed by atoms with Crippen LogP contribution in [-0.4, -0.2) is 30.8 Å². The lowest BCUT2D eigenvalue weighted by atomic mass is 10.0. The van der Waals surface area contributed by atoms with Crippen molar-refractivity contribution in [3.8, 4) is 22.4 Å². The Balaban J connectivity index is 1.15. The van der Waals surface area contributed by atoms with Crippen LogP contribution in [0.25, 0.3) is 39.6 Å². The van der Waals surface area contributed by atoms with Crippen molar-refractivity contribution in [3.63, 3.8) is 0 Å². The Hall–Kier alpha value is -4.67. The zero-order chi connectivity index (χ0) is 28.3. The van der Waals surface area contributed by atoms with Gasteiger partial charge in [0.15, 0.2) is 10.8 Å². The molecular formula is C31H23FN6OS2. The second kappa shape index (κ2) is 11.4. The van der Waals surface area contributed by atoms with Gasteiger partial charge in [-0.25, -0.2) is 24.3 Å². The van der Waals surface area contributed by atoms with Gasteiger partial charge in [-0.2, -0.15) is 0 Å². The van der Waals surface area contributed by atoms with Gasteiger partial charge in [-0.1, -0.05) is 48.2 Å². The average molecular weight is 579 g/mol. The van der Waals surface area contributed by atoms with Crippen LogP contribution >= 0.6 is 23.1 Å². The summed E-state index contributed by atoms with van der Waals surface area (Å²) in [7, 11) is 0. The lowest BCUT2D eigenvalue weighted by molar-refractivity contribution is -0.111. The SMILES string of the molecule is Cc1cc(Sc2ncnc3[nH]cnc23)cc(C)c1-c1csc(NC(=O)/C=C/c2cccc(-c3ccccc3F)c2)n1. The molecule has 6 rings (SSSR count). The van der Waals surface area contributed by atoms with Crippen LogP contribution in [0.1, 0.15) is 16.7 Å². The number of aromatic amines is 1. The number of halogens is 1. The number of anilines is 1. The minimum Gasteiger partial charge on any atom is -0.329 e. The molecule has 3 aromatic heterocycles. The number of imidazole rings is 1. The minimum atomic E-state index is -0.295. The third kappa shape index (κ3) is 5.79. The largest absolute Gasteiger partial charge is 0.329 e. The van der Waals surface area contributed by atoms with E-state index in [1.54, 1.807) is 30.6 Å². The van der Waals surface area contributed by atoms with E-state index in [1.807, 2.05) is 43.5 Å². The van der Waals surface area contributed by atoms with Crippen molar-refractivity contribution >= 4 is 51.4 Å². The van der Waals surface area contributed by atoms with E-state index < -0.39 is 0 Å². The molecule has 3 aromatic carbocycles. The molecule has 0 fully saturated rings. The first kappa shape index (κ1) is 26.5. The van der Waals surface area contributed by atoms with Crippen molar-refractivity contribution in [2.75, 3.05) is 5.32 Å². The summed E-state index contributed by atoms with van der Waals surface area (Å²) in [5.41, 5.74) is 7.46. The highest BCUT2D eigenvalue weighted by atomic mass is 32.2. The molecule has 3 heterocycles. The first-order chi connectivity index (χ1) is 19.9. The molecule has 0 aliphatic carbocycles. The highest BCUT2D eigenvalue weighted by Gasteiger charge is 2.15. The van der Waals surface area contributed by atoms with Gasteiger partial charge in [0.05, 0.1) is 12.0 Å². The highest BCUT2D eigenvalue weighted by Crippen LogP contribution is 2.36. The van der Waals surface area contributed by atoms with Crippen molar-refractivity contribution in [2.45, 2.75) is 23.8 Å². The van der Waals surface area contributed by atoms with E-state index >= 15 is 0 Å². The number of aromatic nitrogens is 5. The molecule has 7 nitrogen and oxygen atoms in total. The number of hydrogen-bond donors (Lipinski definition) is 2. The Morgan fingerprint density at radius 2 is 1.85 bits per heavy atom. The fourth-order valence-corrected chi connectivity index (χ4v) is 6.33. The van der Waals surface area contributed by atoms with Gasteiger partial charge in [-0.15, -0.1) is 11.3 Å². The van der Waals surface area contributed by atoms with E-state index in [4.69, 9.17) is 0 Å². The van der Waals surface area contributed by atoms with Gasteiger partial charge in [0.25, 0.3) is 0 Å². The molecule has 0 spiro atoms. The van der Waals surface area contributed by atoms with Crippen molar-refractivity contribution in [1.29, 1.82) is 0 Å². The van der Waals surface area contributed by atoms with Gasteiger partial charge in [-0.3, -0.25) is 10.1 Å². The van der Waals surface area contributed by atoms with E-state index in [1.165, 1.54) is 41.6 Å². The maximum atomic E-state index is 14.2. The van der Waals surface area contributed by atoms with Crippen molar-refractivity contribution in [2.24, 2.45) is 0 Å². The third-order valence-electron chi connectivity index (χ3n) is 6.39. The number of rotatable bonds is 7. The molecule has 0 aliphatic heterocycles. The zero-order valence-electron chi connectivity index (χ0n) is 22.1. The van der Waals surface area contributed by atoms with Gasteiger partial charge in [0, 0.05) is 27.5 Å². The van der Waals surface area contributed by atoms with E-state index in [2.05, 4.69) is 42.4 Å². The topological polar surface area (TPSA) is 96.5 Å². The Labute approximate surface area is 243 Å². The maximum Gasteiger partial charge on any atom is 0.250 e. The van der Waals surface area contributed by atoms with Gasteiger partial charge >= 0.3 is 0 Å². The predicted octanol–water partition coefficient (Wildman–Crippen LogP) is 7.70. The van der Waals surface area contributed by atoms with Crippen LogP contribution in [0, 0.1) is 19.7 Å². The van der Waals surface area contributed by atoms with E-state index in [-0.39, 0.29) is 11.7 Å². The zero-order valence-corrected chi connectivity index (χ0v) is 23.7. The smallest absolute Gasteiger partial charge is 0.250 e. The van der Waals surface area contributed by atoms with Crippen LogP contribution in [0.4, 0.5) is 9.52 Å². The van der Waals surface area contributed by atoms with Crippen LogP contribution in [0.15, 0.2) is 94.7 Å². The summed E-state index contributed by atoms with van der Waals surface area (Å²) in [6.07, 6.45) is 6.30. The molecule has 41 heavy (non-hydrogen) atoms. The van der Waals surface area contributed by atoms with E-state index in [0.29, 0.717) is 16.3 Å². The number of carbonyl (C=O) groups is 1. The van der Waals surface area contributed by atoms with Crippen LogP contribution in [0.3, 0.4) is 0 Å². The quantitative estimate of drug-likeness (QED) is 0.149. The maximum absolute atomic E-state index is 14.2. The molecule has 0 bridgehead atoms. The Morgan fingerprint density at radius 3 is 2.68 bits per heavy atom. The second-order valence-electron chi connectivity index (χ2n) is 9.28. The number of benzene rings is 3. The lowest BCUT2D eigenvalue weighted by Crippen LogP contribution is -2.07. The molecule has 0 radical (unpaired) electrons. The summed E-state index contributed by atoms with van der Waals surface area (Å²) in [5.74, 6) is -0.581. The summed E-state index contributed by atoms with van der Waals surface area (Å²) >= 11 is 2.91. The molecule has 0 aliphatic rings. The Kier molecular flexibility index (Phi) is 7.41. The van der Waals surface area contributed by atoms with E-state index in [9.17, 15) is 9.18 Å². The fraction of sp³-hybridized carbons (Fsp3) is 0.0645. The number of nitrogens with zero attached hydrogens (tertiary/aromatic N) is 4. The monoisotopic (exact) mass is 578 g/mol. The second-order valence-corrected chi connectivity index (χ2v) is 11.2. The van der Waals surface area contributed by atoms with Crippen molar-refractivity contribution in [1.82, 2.24) is 24.9 Å². The average Bonchev–Trinajstić information content (AvgIpc) is 3.62. The molecule has 0 saturated heterocycles. The molecule has 10 heteroatoms. The Bertz CT molecular complexity index is 1910. The normalized spacial score (nSPS) is 11.4. The summed E-state index contributed by atoms with van der Waals surface area (Å²) in [4.78, 5) is 34.3. The van der Waals surface area contributed by atoms with Crippen LogP contribution in [-0.2, 0) is 4.79 Å². The van der Waals surface area contributed by atoms with Crippen LogP contribution in [0.2, 0.25) is 0 Å². The van der Waals surface area contributed by atoms with Crippen molar-refractivity contribution < 1.29 is 9.18 Å². The summed E-state index contributed by atoms with van der Waals surface area (Å²) in [5, 5.41) is 6.08. The number of aryl methyl sites for hydroxylation is 2. The standard InChI is InChI=1S/C31H23FN6OS2/c1-18-12-22(41-30-28-29(34-16-33-28)35-17-36-30)13-19(2)27(18)25-15-40-31(37-25)38-26(39)11-10-20-6-5-7-21(14-20)23-8-3-4-9-24(23)32/h3-17H,1-2H3,(H,37,38,39)(H,33,34,35,36)/b11-10+. The molecule has 1 amide bonds. The number of fused-ring (bicyclic) bond motifs is 1. The van der Waals surface area contributed by atoms with Crippen LogP contribution in [0.5, 0.6) is 0 Å². The van der Waals surface area contributed by atoms with Gasteiger partial charge < -0.3 is 4.98 Å². The lowest BCUT2D eigenvalue weighted by Gasteiger charge is -2.11. The van der Waals surface area contributed by atoms with E-state index in [0.717, 1.165) is 48.9 Å². The van der Waals surface area contributed by atoms with Crippen LogP contribution < -0.4 is 5.32 Å². The predicted molar refractivity (Wildman–Crippen MR) is 162 cm³/mol. The van der Waals surface area contributed by atoms with Crippen molar-refractivity contribution in [3.05, 3.63) is 107 Å². The molecule has 2 N–H and O–H groups in total. The molecule has 0 saturated carbocycles. The summed E-state index contributed by atoms with van der Waals surface area (Å²) in [6.45, 7) is 4.10. The summed E-state index contributed by atoms with van der Waals surface area (Å²) < 4.78 is 14.2. The molecule has 0 unspecified atom stereocenters. The third-order valence-corrected chi connectivity index (χ3v) is 8.11. The Morgan fingerprint density at radius 1 is 1.02 bits per heavy atom. The minimum absolute atomic E-state index is 0.286. The molecular weight excluding hydrogens is 556 g/mol. The molecule has 202 valence electrons. The first-order valence-electron chi connectivity index (χ1n) is 12.7. The molecule has 0 atom stereocenters. The summed E-state index contributed by atoms with van der Waals surface area (Å²) in [6, 6.07) is 18.2. The highest BCUT2D eigenvalue weighted by molar-refractivity contribution is 7.99. The number of nitrogens with one attached hydrogen (secondary N) is 2. The number of thiazole rings is 1. The number of hydrogen-bond acceptors (Lipinski definition) is 7. The number of carbonyl (C=O) groups excluding carboxylic acids is 1. The number of H-pyrrole nitrogens is 1. The van der Waals surface area contributed by atoms with Gasteiger partial charge in [-0.05, 0) is 66.4 Å². The number of amides is 1. The fourth-order valence-electron chi connectivity index (χ4n) is 4.59.